The first-order valence-corrected chi connectivity index (χ1v) is 8.17. The van der Waals surface area contributed by atoms with E-state index >= 15 is 0 Å². The second-order valence-electron chi connectivity index (χ2n) is 4.50. The monoisotopic (exact) mass is 256 g/mol. The number of hydrogen-bond acceptors (Lipinski definition) is 4. The summed E-state index contributed by atoms with van der Waals surface area (Å²) in [5, 5.41) is 4.92. The van der Waals surface area contributed by atoms with E-state index in [1.807, 2.05) is 29.3 Å². The van der Waals surface area contributed by atoms with Crippen molar-refractivity contribution in [1.82, 2.24) is 10.3 Å². The highest BCUT2D eigenvalue weighted by molar-refractivity contribution is 7.98. The Morgan fingerprint density at radius 3 is 3.12 bits per heavy atom. The molecule has 1 aliphatic rings. The highest BCUT2D eigenvalue weighted by Crippen LogP contribution is 2.41. The fraction of sp³-hybridized carbons (Fsp3) is 0.750. The van der Waals surface area contributed by atoms with Crippen molar-refractivity contribution in [2.24, 2.45) is 0 Å². The maximum absolute atomic E-state index is 4.49. The van der Waals surface area contributed by atoms with Gasteiger partial charge in [-0.1, -0.05) is 0 Å². The van der Waals surface area contributed by atoms with Gasteiger partial charge in [0, 0.05) is 29.6 Å². The molecule has 1 atom stereocenters. The van der Waals surface area contributed by atoms with E-state index in [0.29, 0.717) is 6.04 Å². The molecule has 1 saturated carbocycles. The minimum absolute atomic E-state index is 0.610. The smallest absolute Gasteiger partial charge is 0.0959 e. The Bertz CT molecular complexity index is 321. The van der Waals surface area contributed by atoms with Crippen LogP contribution < -0.4 is 5.32 Å². The lowest BCUT2D eigenvalue weighted by atomic mass is 10.2. The van der Waals surface area contributed by atoms with Crippen LogP contribution in [0.2, 0.25) is 0 Å². The maximum Gasteiger partial charge on any atom is 0.0959 e. The summed E-state index contributed by atoms with van der Waals surface area (Å²) in [6, 6.07) is 0.610. The molecule has 1 unspecified atom stereocenters. The van der Waals surface area contributed by atoms with Gasteiger partial charge in [0.15, 0.2) is 0 Å². The van der Waals surface area contributed by atoms with Crippen LogP contribution in [0.3, 0.4) is 0 Å². The van der Waals surface area contributed by atoms with E-state index < -0.39 is 0 Å². The molecule has 0 amide bonds. The molecule has 0 radical (unpaired) electrons. The Kier molecular flexibility index (Phi) is 4.67. The Morgan fingerprint density at radius 2 is 2.44 bits per heavy atom. The van der Waals surface area contributed by atoms with E-state index in [9.17, 15) is 0 Å². The standard InChI is InChI=1S/C12H20N2S2/c1-9(5-6-15-2)13-7-11-8-14-12(16-11)10-3-4-10/h8-10,13H,3-7H2,1-2H3. The Labute approximate surface area is 106 Å². The largest absolute Gasteiger partial charge is 0.309 e. The van der Waals surface area contributed by atoms with Crippen LogP contribution in [0.25, 0.3) is 0 Å². The van der Waals surface area contributed by atoms with Crippen molar-refractivity contribution >= 4 is 23.1 Å². The van der Waals surface area contributed by atoms with Gasteiger partial charge in [-0.25, -0.2) is 4.98 Å². The average molecular weight is 256 g/mol. The normalized spacial score (nSPS) is 17.6. The molecule has 4 heteroatoms. The Morgan fingerprint density at radius 1 is 1.62 bits per heavy atom. The second kappa shape index (κ2) is 6.03. The molecule has 0 bridgehead atoms. The van der Waals surface area contributed by atoms with E-state index in [2.05, 4.69) is 23.5 Å². The third-order valence-corrected chi connectivity index (χ3v) is 4.68. The van der Waals surface area contributed by atoms with Gasteiger partial charge in [0.05, 0.1) is 5.01 Å². The number of aromatic nitrogens is 1. The van der Waals surface area contributed by atoms with Gasteiger partial charge in [0.2, 0.25) is 0 Å². The molecule has 16 heavy (non-hydrogen) atoms. The number of nitrogens with one attached hydrogen (secondary N) is 1. The van der Waals surface area contributed by atoms with Crippen LogP contribution in [0.15, 0.2) is 6.20 Å². The van der Waals surface area contributed by atoms with Gasteiger partial charge in [-0.3, -0.25) is 0 Å². The molecule has 2 nitrogen and oxygen atoms in total. The molecule has 1 aliphatic carbocycles. The van der Waals surface area contributed by atoms with Crippen molar-refractivity contribution in [3.63, 3.8) is 0 Å². The van der Waals surface area contributed by atoms with E-state index in [1.54, 1.807) is 0 Å². The molecule has 0 aromatic carbocycles. The topological polar surface area (TPSA) is 24.9 Å². The highest BCUT2D eigenvalue weighted by Gasteiger charge is 2.26. The minimum Gasteiger partial charge on any atom is -0.309 e. The summed E-state index contributed by atoms with van der Waals surface area (Å²) in [7, 11) is 0. The lowest BCUT2D eigenvalue weighted by molar-refractivity contribution is 0.540. The van der Waals surface area contributed by atoms with Gasteiger partial charge >= 0.3 is 0 Å². The zero-order valence-electron chi connectivity index (χ0n) is 10.0. The second-order valence-corrected chi connectivity index (χ2v) is 6.63. The first kappa shape index (κ1) is 12.4. The molecule has 1 aromatic heterocycles. The van der Waals surface area contributed by atoms with Crippen LogP contribution in [-0.2, 0) is 6.54 Å². The molecule has 1 fully saturated rings. The Hall–Kier alpha value is -0.0600. The molecule has 90 valence electrons. The third kappa shape index (κ3) is 3.75. The van der Waals surface area contributed by atoms with Crippen LogP contribution >= 0.6 is 23.1 Å². The van der Waals surface area contributed by atoms with Crippen molar-refractivity contribution in [3.05, 3.63) is 16.1 Å². The number of thiazole rings is 1. The van der Waals surface area contributed by atoms with Crippen molar-refractivity contribution in [2.45, 2.75) is 44.7 Å². The summed E-state index contributed by atoms with van der Waals surface area (Å²) in [4.78, 5) is 5.88. The zero-order chi connectivity index (χ0) is 11.4. The third-order valence-electron chi connectivity index (χ3n) is 2.88. The first-order valence-electron chi connectivity index (χ1n) is 5.96. The lowest BCUT2D eigenvalue weighted by Crippen LogP contribution is -2.25. The number of rotatable bonds is 7. The highest BCUT2D eigenvalue weighted by atomic mass is 32.2. The molecular formula is C12H20N2S2. The quantitative estimate of drug-likeness (QED) is 0.810. The van der Waals surface area contributed by atoms with Gasteiger partial charge in [-0.15, -0.1) is 11.3 Å². The van der Waals surface area contributed by atoms with Gasteiger partial charge in [0.25, 0.3) is 0 Å². The van der Waals surface area contributed by atoms with Crippen molar-refractivity contribution in [3.8, 4) is 0 Å². The number of thioether (sulfide) groups is 1. The van der Waals surface area contributed by atoms with Crippen LogP contribution in [0, 0.1) is 0 Å². The molecule has 2 rings (SSSR count). The van der Waals surface area contributed by atoms with Crippen molar-refractivity contribution in [2.75, 3.05) is 12.0 Å². The lowest BCUT2D eigenvalue weighted by Gasteiger charge is -2.11. The summed E-state index contributed by atoms with van der Waals surface area (Å²) in [6.45, 7) is 3.25. The van der Waals surface area contributed by atoms with Gasteiger partial charge in [0.1, 0.15) is 0 Å². The van der Waals surface area contributed by atoms with Crippen LogP contribution in [0.1, 0.15) is 42.0 Å². The Balaban J connectivity index is 1.71. The van der Waals surface area contributed by atoms with E-state index in [1.165, 1.54) is 34.9 Å². The summed E-state index contributed by atoms with van der Waals surface area (Å²) < 4.78 is 0. The number of nitrogens with zero attached hydrogens (tertiary/aromatic N) is 1. The van der Waals surface area contributed by atoms with Crippen LogP contribution in [0.5, 0.6) is 0 Å². The molecule has 1 aromatic rings. The molecule has 1 heterocycles. The fourth-order valence-electron chi connectivity index (χ4n) is 1.59. The molecular weight excluding hydrogens is 236 g/mol. The van der Waals surface area contributed by atoms with Crippen LogP contribution in [0.4, 0.5) is 0 Å². The average Bonchev–Trinajstić information content (AvgIpc) is 3.03. The summed E-state index contributed by atoms with van der Waals surface area (Å²) >= 11 is 3.81. The van der Waals surface area contributed by atoms with Crippen LogP contribution in [-0.4, -0.2) is 23.0 Å². The van der Waals surface area contributed by atoms with E-state index in [-0.39, 0.29) is 0 Å². The SMILES string of the molecule is CSCCC(C)NCc1cnc(C2CC2)s1. The summed E-state index contributed by atoms with van der Waals surface area (Å²) in [6.07, 6.45) is 8.16. The molecule has 0 aliphatic heterocycles. The molecule has 0 spiro atoms. The molecule has 1 N–H and O–H groups in total. The first-order chi connectivity index (χ1) is 7.79. The van der Waals surface area contributed by atoms with Gasteiger partial charge < -0.3 is 5.32 Å². The predicted molar refractivity (Wildman–Crippen MR) is 73.4 cm³/mol. The van der Waals surface area contributed by atoms with Crippen molar-refractivity contribution < 1.29 is 0 Å². The van der Waals surface area contributed by atoms with E-state index in [4.69, 9.17) is 0 Å². The van der Waals surface area contributed by atoms with Gasteiger partial charge in [-0.05, 0) is 38.2 Å². The maximum atomic E-state index is 4.49. The molecule has 0 saturated heterocycles. The van der Waals surface area contributed by atoms with Crippen molar-refractivity contribution in [1.29, 1.82) is 0 Å². The van der Waals surface area contributed by atoms with Gasteiger partial charge in [-0.2, -0.15) is 11.8 Å². The van der Waals surface area contributed by atoms with E-state index in [0.717, 1.165) is 12.5 Å². The number of hydrogen-bond donors (Lipinski definition) is 1. The summed E-state index contributed by atoms with van der Waals surface area (Å²) in [5.41, 5.74) is 0. The zero-order valence-corrected chi connectivity index (χ0v) is 11.7. The summed E-state index contributed by atoms with van der Waals surface area (Å²) in [5.74, 6) is 2.04. The minimum atomic E-state index is 0.610. The predicted octanol–water partition coefficient (Wildman–Crippen LogP) is 3.25. The fourth-order valence-corrected chi connectivity index (χ4v) is 3.22.